The van der Waals surface area contributed by atoms with Gasteiger partial charge in [-0.05, 0) is 42.7 Å². The van der Waals surface area contributed by atoms with Gasteiger partial charge in [0.15, 0.2) is 5.76 Å². The molecule has 2 fully saturated rings. The lowest BCUT2D eigenvalue weighted by Gasteiger charge is -2.26. The van der Waals surface area contributed by atoms with E-state index in [1.165, 1.54) is 18.4 Å². The number of benzene rings is 1. The molecule has 6 nitrogen and oxygen atoms in total. The molecule has 2 aliphatic heterocycles. The number of nitrogens with zero attached hydrogens (tertiary/aromatic N) is 3. The Morgan fingerprint density at radius 3 is 2.64 bits per heavy atom. The maximum Gasteiger partial charge on any atom is 0.289 e. The Morgan fingerprint density at radius 2 is 1.89 bits per heavy atom. The SMILES string of the molecule is O=C(c1ccco1)N1CCCN(C2CCN(Cc3ccc(F)cc3)C2=O)CC1. The Balaban J connectivity index is 1.35. The van der Waals surface area contributed by atoms with Gasteiger partial charge in [-0.1, -0.05) is 12.1 Å². The molecule has 1 unspecified atom stereocenters. The Morgan fingerprint density at radius 1 is 1.07 bits per heavy atom. The quantitative estimate of drug-likeness (QED) is 0.811. The average molecular weight is 385 g/mol. The zero-order chi connectivity index (χ0) is 19.5. The van der Waals surface area contributed by atoms with E-state index in [1.54, 1.807) is 29.2 Å². The maximum atomic E-state index is 13.1. The van der Waals surface area contributed by atoms with Gasteiger partial charge in [0.05, 0.1) is 12.3 Å². The molecule has 2 aromatic rings. The van der Waals surface area contributed by atoms with E-state index in [-0.39, 0.29) is 23.7 Å². The summed E-state index contributed by atoms with van der Waals surface area (Å²) in [4.78, 5) is 31.2. The highest BCUT2D eigenvalue weighted by Gasteiger charge is 2.36. The Bertz CT molecular complexity index is 822. The van der Waals surface area contributed by atoms with Gasteiger partial charge in [0.1, 0.15) is 5.82 Å². The number of amides is 2. The first-order chi connectivity index (χ1) is 13.6. The van der Waals surface area contributed by atoms with Gasteiger partial charge in [-0.15, -0.1) is 0 Å². The molecular weight excluding hydrogens is 361 g/mol. The van der Waals surface area contributed by atoms with E-state index in [9.17, 15) is 14.0 Å². The van der Waals surface area contributed by atoms with Crippen molar-refractivity contribution in [2.75, 3.05) is 32.7 Å². The first kappa shape index (κ1) is 18.7. The summed E-state index contributed by atoms with van der Waals surface area (Å²) in [6, 6.07) is 9.54. The molecule has 7 heteroatoms. The van der Waals surface area contributed by atoms with E-state index in [4.69, 9.17) is 4.42 Å². The van der Waals surface area contributed by atoms with Gasteiger partial charge in [0.25, 0.3) is 5.91 Å². The summed E-state index contributed by atoms with van der Waals surface area (Å²) in [6.45, 7) is 3.92. The third-order valence-electron chi connectivity index (χ3n) is 5.55. The molecular formula is C21H24FN3O3. The fourth-order valence-electron chi connectivity index (χ4n) is 4.04. The zero-order valence-electron chi connectivity index (χ0n) is 15.7. The highest BCUT2D eigenvalue weighted by molar-refractivity contribution is 5.91. The second kappa shape index (κ2) is 8.14. The zero-order valence-corrected chi connectivity index (χ0v) is 15.7. The van der Waals surface area contributed by atoms with Crippen LogP contribution in [0.5, 0.6) is 0 Å². The topological polar surface area (TPSA) is 57.0 Å². The monoisotopic (exact) mass is 385 g/mol. The summed E-state index contributed by atoms with van der Waals surface area (Å²) >= 11 is 0. The van der Waals surface area contributed by atoms with Crippen LogP contribution in [-0.2, 0) is 11.3 Å². The molecule has 0 bridgehead atoms. The molecule has 0 radical (unpaired) electrons. The summed E-state index contributed by atoms with van der Waals surface area (Å²) < 4.78 is 18.3. The number of rotatable bonds is 4. The molecule has 2 aliphatic rings. The standard InChI is InChI=1S/C21H24FN3O3/c22-17-6-4-16(5-7-17)15-25-11-8-18(20(25)26)23-9-2-10-24(13-12-23)21(27)19-3-1-14-28-19/h1,3-7,14,18H,2,8-13,15H2. The van der Waals surface area contributed by atoms with Gasteiger partial charge >= 0.3 is 0 Å². The van der Waals surface area contributed by atoms with E-state index in [0.717, 1.165) is 24.9 Å². The molecule has 1 atom stereocenters. The van der Waals surface area contributed by atoms with Crippen LogP contribution in [0.3, 0.4) is 0 Å². The summed E-state index contributed by atoms with van der Waals surface area (Å²) in [7, 11) is 0. The van der Waals surface area contributed by atoms with Crippen LogP contribution in [0.1, 0.15) is 29.0 Å². The number of carbonyl (C=O) groups excluding carboxylic acids is 2. The van der Waals surface area contributed by atoms with Gasteiger partial charge < -0.3 is 14.2 Å². The first-order valence-electron chi connectivity index (χ1n) is 9.72. The van der Waals surface area contributed by atoms with Crippen molar-refractivity contribution in [3.63, 3.8) is 0 Å². The molecule has 0 spiro atoms. The minimum Gasteiger partial charge on any atom is -0.459 e. The molecule has 0 N–H and O–H groups in total. The summed E-state index contributed by atoms with van der Waals surface area (Å²) in [5.41, 5.74) is 0.932. The molecule has 2 amide bonds. The normalized spacial score (nSPS) is 21.2. The lowest BCUT2D eigenvalue weighted by atomic mass is 10.2. The van der Waals surface area contributed by atoms with Crippen LogP contribution in [0.25, 0.3) is 0 Å². The third kappa shape index (κ3) is 3.94. The Kier molecular flexibility index (Phi) is 5.43. The number of hydrogen-bond acceptors (Lipinski definition) is 4. The van der Waals surface area contributed by atoms with E-state index in [0.29, 0.717) is 38.5 Å². The Labute approximate surface area is 163 Å². The van der Waals surface area contributed by atoms with Crippen LogP contribution in [-0.4, -0.2) is 65.3 Å². The van der Waals surface area contributed by atoms with Gasteiger partial charge in [-0.3, -0.25) is 14.5 Å². The Hall–Kier alpha value is -2.67. The summed E-state index contributed by atoms with van der Waals surface area (Å²) in [5, 5.41) is 0. The van der Waals surface area contributed by atoms with Gasteiger partial charge in [-0.25, -0.2) is 4.39 Å². The number of carbonyl (C=O) groups is 2. The average Bonchev–Trinajstić information content (AvgIpc) is 3.28. The van der Waals surface area contributed by atoms with Crippen molar-refractivity contribution >= 4 is 11.8 Å². The van der Waals surface area contributed by atoms with Crippen LogP contribution < -0.4 is 0 Å². The predicted molar refractivity (Wildman–Crippen MR) is 101 cm³/mol. The molecule has 148 valence electrons. The summed E-state index contributed by atoms with van der Waals surface area (Å²) in [5.74, 6) is 0.112. The number of likely N-dealkylation sites (tertiary alicyclic amines) is 1. The third-order valence-corrected chi connectivity index (χ3v) is 5.55. The van der Waals surface area contributed by atoms with Crippen LogP contribution in [0.15, 0.2) is 47.1 Å². The molecule has 1 aromatic carbocycles. The van der Waals surface area contributed by atoms with E-state index < -0.39 is 0 Å². The highest BCUT2D eigenvalue weighted by atomic mass is 19.1. The van der Waals surface area contributed by atoms with E-state index >= 15 is 0 Å². The number of hydrogen-bond donors (Lipinski definition) is 0. The highest BCUT2D eigenvalue weighted by Crippen LogP contribution is 2.22. The summed E-state index contributed by atoms with van der Waals surface area (Å²) in [6.07, 6.45) is 3.12. The largest absolute Gasteiger partial charge is 0.459 e. The van der Waals surface area contributed by atoms with Crippen LogP contribution in [0.2, 0.25) is 0 Å². The first-order valence-corrected chi connectivity index (χ1v) is 9.72. The molecule has 3 heterocycles. The van der Waals surface area contributed by atoms with Crippen molar-refractivity contribution in [2.45, 2.75) is 25.4 Å². The second-order valence-electron chi connectivity index (χ2n) is 7.35. The molecule has 0 aliphatic carbocycles. The fourth-order valence-corrected chi connectivity index (χ4v) is 4.04. The van der Waals surface area contributed by atoms with Crippen molar-refractivity contribution in [3.8, 4) is 0 Å². The van der Waals surface area contributed by atoms with Crippen molar-refractivity contribution in [1.82, 2.24) is 14.7 Å². The molecule has 1 aromatic heterocycles. The van der Waals surface area contributed by atoms with Crippen molar-refractivity contribution < 1.29 is 18.4 Å². The second-order valence-corrected chi connectivity index (χ2v) is 7.35. The number of halogens is 1. The molecule has 28 heavy (non-hydrogen) atoms. The minimum absolute atomic E-state index is 0.0949. The molecule has 2 saturated heterocycles. The smallest absolute Gasteiger partial charge is 0.289 e. The number of furan rings is 1. The molecule has 4 rings (SSSR count). The van der Waals surface area contributed by atoms with Crippen molar-refractivity contribution in [1.29, 1.82) is 0 Å². The van der Waals surface area contributed by atoms with E-state index in [2.05, 4.69) is 4.90 Å². The lowest BCUT2D eigenvalue weighted by molar-refractivity contribution is -0.132. The van der Waals surface area contributed by atoms with Gasteiger partial charge in [0.2, 0.25) is 5.91 Å². The van der Waals surface area contributed by atoms with E-state index in [1.807, 2.05) is 4.90 Å². The fraction of sp³-hybridized carbons (Fsp3) is 0.429. The maximum absolute atomic E-state index is 13.1. The van der Waals surface area contributed by atoms with Crippen LogP contribution >= 0.6 is 0 Å². The predicted octanol–water partition coefficient (Wildman–Crippen LogP) is 2.37. The molecule has 0 saturated carbocycles. The van der Waals surface area contributed by atoms with Gasteiger partial charge in [-0.2, -0.15) is 0 Å². The van der Waals surface area contributed by atoms with Crippen molar-refractivity contribution in [2.24, 2.45) is 0 Å². The van der Waals surface area contributed by atoms with Gasteiger partial charge in [0, 0.05) is 39.3 Å². The minimum atomic E-state index is -0.271. The lowest BCUT2D eigenvalue weighted by Crippen LogP contribution is -2.44. The van der Waals surface area contributed by atoms with Crippen LogP contribution in [0, 0.1) is 5.82 Å². The van der Waals surface area contributed by atoms with Crippen molar-refractivity contribution in [3.05, 3.63) is 59.8 Å². The van der Waals surface area contributed by atoms with Crippen LogP contribution in [0.4, 0.5) is 4.39 Å².